The lowest BCUT2D eigenvalue weighted by Crippen LogP contribution is -2.75. The molecule has 10 atom stereocenters. The number of nitrogens with one attached hydrogen (secondary N) is 1. The smallest absolute Gasteiger partial charge is 0.309 e. The van der Waals surface area contributed by atoms with E-state index in [2.05, 4.69) is 59.5 Å². The van der Waals surface area contributed by atoms with E-state index in [9.17, 15) is 24.3 Å². The summed E-state index contributed by atoms with van der Waals surface area (Å²) in [5.41, 5.74) is 5.20. The Bertz CT molecular complexity index is 1520. The monoisotopic (exact) mass is 710 g/mol. The van der Waals surface area contributed by atoms with Gasteiger partial charge in [-0.05, 0) is 129 Å². The third kappa shape index (κ3) is 5.51. The fourth-order valence-corrected chi connectivity index (χ4v) is 13.9. The zero-order valence-corrected chi connectivity index (χ0v) is 33.7. The lowest BCUT2D eigenvalue weighted by molar-refractivity contribution is -0.446. The van der Waals surface area contributed by atoms with Crippen LogP contribution in [-0.2, 0) is 23.9 Å². The Labute approximate surface area is 307 Å². The van der Waals surface area contributed by atoms with Gasteiger partial charge in [0, 0.05) is 23.8 Å². The number of rotatable bonds is 8. The van der Waals surface area contributed by atoms with Crippen LogP contribution >= 0.6 is 0 Å². The number of Topliss-reactive ketones (excluding diaryl/α,β-unsaturated/α-hetero) is 1. The van der Waals surface area contributed by atoms with Gasteiger partial charge in [-0.1, -0.05) is 67.9 Å². The number of carboxylic acids is 1. The number of allylic oxidation sites excluding steroid dienone is 2. The Balaban J connectivity index is 1.25. The highest BCUT2D eigenvalue weighted by Gasteiger charge is 2.70. The standard InChI is InChI=1S/C43H68N2O6/c1-24(2)32-28(46)23-43(20-21-45-36(50)39(7,8)44)19-18-41(10)25(33(32)43)12-13-30-40(9)16-15-31(38(5,6)29(40)14-17-42(30,41)11)51-35(49)27-22-26(34(47)48)37(27,3)4/h24-27,29-31H,12-23,44H2,1-11H3,(H,45,50)(H,47,48)/p+1/t25-,26+,27-,29+,30-,31+,40+,41-,42-,43-/m1/s1. The molecule has 6 aliphatic carbocycles. The number of fused-ring (bicyclic) bond motifs is 7. The van der Waals surface area contributed by atoms with E-state index in [-0.39, 0.29) is 56.9 Å². The van der Waals surface area contributed by atoms with E-state index in [4.69, 9.17) is 4.74 Å². The molecule has 0 aromatic carbocycles. The molecule has 0 saturated heterocycles. The van der Waals surface area contributed by atoms with E-state index < -0.39 is 22.8 Å². The molecule has 5 fully saturated rings. The van der Waals surface area contributed by atoms with Crippen LogP contribution in [0, 0.1) is 68.0 Å². The molecule has 0 spiro atoms. The SMILES string of the molecule is CC(C)C1=C2[C@H]3CC[C@@H]4[C@@]5(C)CC[C@H](OC(=O)[C@H]6C[C@@H](C(=O)O)C6(C)C)C(C)(C)[C@@H]5CC[C@@]4(C)[C@]3(C)CC[C@@]2(CCNC(=O)C(C)(C)[NH3+])CC1=O. The van der Waals surface area contributed by atoms with Gasteiger partial charge in [-0.25, -0.2) is 0 Å². The molecule has 0 radical (unpaired) electrons. The highest BCUT2D eigenvalue weighted by molar-refractivity contribution is 6.00. The minimum absolute atomic E-state index is 0.0392. The van der Waals surface area contributed by atoms with Crippen LogP contribution in [0.1, 0.15) is 147 Å². The molecule has 286 valence electrons. The number of aliphatic carboxylic acids is 1. The van der Waals surface area contributed by atoms with Crippen molar-refractivity contribution in [3.8, 4) is 0 Å². The van der Waals surface area contributed by atoms with E-state index >= 15 is 0 Å². The minimum atomic E-state index is -0.825. The Kier molecular flexibility index (Phi) is 9.17. The van der Waals surface area contributed by atoms with E-state index in [0.29, 0.717) is 42.9 Å². The Morgan fingerprint density at radius 1 is 0.882 bits per heavy atom. The molecule has 5 N–H and O–H groups in total. The van der Waals surface area contributed by atoms with Crippen LogP contribution in [0.15, 0.2) is 11.1 Å². The number of carbonyl (C=O) groups excluding carboxylic acids is 3. The normalized spacial score (nSPS) is 42.6. The minimum Gasteiger partial charge on any atom is -0.481 e. The third-order valence-electron chi connectivity index (χ3n) is 17.1. The molecule has 0 aromatic heterocycles. The van der Waals surface area contributed by atoms with Gasteiger partial charge in [-0.15, -0.1) is 0 Å². The highest BCUT2D eigenvalue weighted by atomic mass is 16.5. The number of ketones is 1. The summed E-state index contributed by atoms with van der Waals surface area (Å²) >= 11 is 0. The Morgan fingerprint density at radius 2 is 1.55 bits per heavy atom. The zero-order chi connectivity index (χ0) is 37.9. The second-order valence-electron chi connectivity index (χ2n) is 21.2. The molecule has 1 amide bonds. The van der Waals surface area contributed by atoms with Crippen LogP contribution < -0.4 is 11.1 Å². The van der Waals surface area contributed by atoms with Crippen LogP contribution in [0.2, 0.25) is 0 Å². The number of hydrogen-bond acceptors (Lipinski definition) is 5. The number of carbonyl (C=O) groups is 4. The first-order valence-electron chi connectivity index (χ1n) is 20.2. The average Bonchev–Trinajstić information content (AvgIpc) is 3.29. The van der Waals surface area contributed by atoms with Crippen molar-refractivity contribution in [2.24, 2.45) is 68.0 Å². The molecule has 6 rings (SSSR count). The van der Waals surface area contributed by atoms with Gasteiger partial charge in [-0.3, -0.25) is 19.2 Å². The number of esters is 1. The van der Waals surface area contributed by atoms with Crippen molar-refractivity contribution in [3.05, 3.63) is 11.1 Å². The molecule has 6 aliphatic rings. The van der Waals surface area contributed by atoms with E-state index in [1.807, 2.05) is 27.7 Å². The second-order valence-corrected chi connectivity index (χ2v) is 21.2. The maximum Gasteiger partial charge on any atom is 0.309 e. The van der Waals surface area contributed by atoms with Gasteiger partial charge in [-0.2, -0.15) is 0 Å². The largest absolute Gasteiger partial charge is 0.481 e. The van der Waals surface area contributed by atoms with E-state index in [1.54, 1.807) is 0 Å². The fraction of sp³-hybridized carbons (Fsp3) is 0.860. The van der Waals surface area contributed by atoms with E-state index in [0.717, 1.165) is 63.4 Å². The van der Waals surface area contributed by atoms with Crippen molar-refractivity contribution in [3.63, 3.8) is 0 Å². The Morgan fingerprint density at radius 3 is 2.14 bits per heavy atom. The summed E-state index contributed by atoms with van der Waals surface area (Å²) in [5, 5.41) is 12.8. The maximum atomic E-state index is 13.9. The zero-order valence-electron chi connectivity index (χ0n) is 33.7. The highest BCUT2D eigenvalue weighted by Crippen LogP contribution is 2.77. The second kappa shape index (κ2) is 12.1. The summed E-state index contributed by atoms with van der Waals surface area (Å²) in [6, 6.07) is 0. The molecule has 5 saturated carbocycles. The number of hydrogen-bond donors (Lipinski definition) is 3. The number of quaternary nitrogens is 1. The first-order chi connectivity index (χ1) is 23.4. The van der Waals surface area contributed by atoms with Gasteiger partial charge in [0.05, 0.1) is 11.8 Å². The number of ether oxygens (including phenoxy) is 1. The molecular weight excluding hydrogens is 640 g/mol. The third-order valence-corrected chi connectivity index (χ3v) is 17.1. The first kappa shape index (κ1) is 38.5. The quantitative estimate of drug-likeness (QED) is 0.229. The summed E-state index contributed by atoms with van der Waals surface area (Å²) in [4.78, 5) is 52.0. The summed E-state index contributed by atoms with van der Waals surface area (Å²) in [5.74, 6) is -0.126. The molecule has 0 unspecified atom stereocenters. The van der Waals surface area contributed by atoms with Gasteiger partial charge in [0.15, 0.2) is 11.3 Å². The molecule has 8 nitrogen and oxygen atoms in total. The molecule has 0 bridgehead atoms. The van der Waals surface area contributed by atoms with Crippen LogP contribution in [0.25, 0.3) is 0 Å². The van der Waals surface area contributed by atoms with Crippen molar-refractivity contribution in [1.82, 2.24) is 5.32 Å². The number of carboxylic acid groups (broad SMARTS) is 1. The van der Waals surface area contributed by atoms with Crippen molar-refractivity contribution in [2.45, 2.75) is 158 Å². The van der Waals surface area contributed by atoms with Crippen molar-refractivity contribution < 1.29 is 34.8 Å². The van der Waals surface area contributed by atoms with Crippen molar-refractivity contribution >= 4 is 23.6 Å². The van der Waals surface area contributed by atoms with Crippen LogP contribution in [-0.4, -0.2) is 46.9 Å². The van der Waals surface area contributed by atoms with Gasteiger partial charge in [0.2, 0.25) is 0 Å². The lowest BCUT2D eigenvalue weighted by Gasteiger charge is -2.72. The van der Waals surface area contributed by atoms with Gasteiger partial charge < -0.3 is 20.9 Å². The summed E-state index contributed by atoms with van der Waals surface area (Å²) in [6.07, 6.45) is 9.99. The molecule has 51 heavy (non-hydrogen) atoms. The maximum absolute atomic E-state index is 13.9. The van der Waals surface area contributed by atoms with Crippen LogP contribution in [0.4, 0.5) is 0 Å². The average molecular weight is 710 g/mol. The molecule has 8 heteroatoms. The molecule has 0 aromatic rings. The lowest BCUT2D eigenvalue weighted by atomic mass is 9.33. The fourth-order valence-electron chi connectivity index (χ4n) is 13.9. The van der Waals surface area contributed by atoms with Crippen molar-refractivity contribution in [2.75, 3.05) is 6.54 Å². The molecule has 0 aliphatic heterocycles. The predicted octanol–water partition coefficient (Wildman–Crippen LogP) is 7.15. The summed E-state index contributed by atoms with van der Waals surface area (Å²) in [7, 11) is 0. The molecular formula is C43H69N2O6+. The summed E-state index contributed by atoms with van der Waals surface area (Å²) < 4.78 is 6.40. The first-order valence-corrected chi connectivity index (χ1v) is 20.2. The van der Waals surface area contributed by atoms with Crippen LogP contribution in [0.5, 0.6) is 0 Å². The topological polar surface area (TPSA) is 137 Å². The number of amides is 1. The Hall–Kier alpha value is -2.22. The van der Waals surface area contributed by atoms with Gasteiger partial charge in [0.25, 0.3) is 5.91 Å². The summed E-state index contributed by atoms with van der Waals surface area (Å²) in [6.45, 7) is 24.8. The molecule has 0 heterocycles. The van der Waals surface area contributed by atoms with Crippen molar-refractivity contribution in [1.29, 1.82) is 0 Å². The van der Waals surface area contributed by atoms with Gasteiger partial charge >= 0.3 is 11.9 Å². The van der Waals surface area contributed by atoms with Crippen LogP contribution in [0.3, 0.4) is 0 Å². The predicted molar refractivity (Wildman–Crippen MR) is 197 cm³/mol. The van der Waals surface area contributed by atoms with E-state index in [1.165, 1.54) is 5.57 Å². The van der Waals surface area contributed by atoms with Gasteiger partial charge in [0.1, 0.15) is 6.10 Å².